The van der Waals surface area contributed by atoms with E-state index in [1.54, 1.807) is 14.2 Å². The van der Waals surface area contributed by atoms with Crippen molar-refractivity contribution in [3.63, 3.8) is 0 Å². The van der Waals surface area contributed by atoms with Crippen molar-refractivity contribution in [3.8, 4) is 22.6 Å². The molecule has 2 aromatic carbocycles. The molecule has 0 spiro atoms. The molecule has 6 heteroatoms. The Kier molecular flexibility index (Phi) is 8.05. The largest absolute Gasteiger partial charge is 0.491 e. The normalized spacial score (nSPS) is 10.7. The van der Waals surface area contributed by atoms with Crippen LogP contribution >= 0.6 is 31.9 Å². The molecule has 0 heterocycles. The van der Waals surface area contributed by atoms with Gasteiger partial charge >= 0.3 is 0 Å². The maximum atomic E-state index is 5.87. The van der Waals surface area contributed by atoms with E-state index in [9.17, 15) is 0 Å². The van der Waals surface area contributed by atoms with Crippen LogP contribution < -0.4 is 9.47 Å². The lowest BCUT2D eigenvalue weighted by molar-refractivity contribution is 0.145. The highest BCUT2D eigenvalue weighted by molar-refractivity contribution is 9.10. The quantitative estimate of drug-likeness (QED) is 0.498. The van der Waals surface area contributed by atoms with E-state index < -0.39 is 0 Å². The van der Waals surface area contributed by atoms with Crippen molar-refractivity contribution >= 4 is 31.9 Å². The molecule has 0 aliphatic rings. The number of hydrogen-bond acceptors (Lipinski definition) is 4. The molecule has 0 bridgehead atoms. The molecule has 24 heavy (non-hydrogen) atoms. The van der Waals surface area contributed by atoms with Crippen LogP contribution in [-0.2, 0) is 9.47 Å². The average Bonchev–Trinajstić information content (AvgIpc) is 2.58. The van der Waals surface area contributed by atoms with Gasteiger partial charge in [-0.1, -0.05) is 31.9 Å². The molecule has 0 aliphatic carbocycles. The highest BCUT2D eigenvalue weighted by Crippen LogP contribution is 2.39. The minimum absolute atomic E-state index is 0.485. The van der Waals surface area contributed by atoms with Crippen molar-refractivity contribution in [2.45, 2.75) is 0 Å². The number of ether oxygens (including phenoxy) is 4. The number of halogens is 2. The second-order valence-corrected chi connectivity index (χ2v) is 6.79. The molecule has 0 saturated heterocycles. The summed E-state index contributed by atoms with van der Waals surface area (Å²) >= 11 is 7.06. The van der Waals surface area contributed by atoms with Crippen LogP contribution in [0.15, 0.2) is 45.3 Å². The first kappa shape index (κ1) is 19.2. The first-order chi connectivity index (χ1) is 11.7. The molecule has 0 aromatic heterocycles. The predicted octanol–water partition coefficient (Wildman–Crippen LogP) is 4.93. The maximum absolute atomic E-state index is 5.87. The van der Waals surface area contributed by atoms with Gasteiger partial charge < -0.3 is 18.9 Å². The number of hydrogen-bond donors (Lipinski definition) is 0. The molecule has 2 aromatic rings. The summed E-state index contributed by atoms with van der Waals surface area (Å²) in [6.45, 7) is 2.04. The molecular weight excluding hydrogens is 440 g/mol. The SMILES string of the molecule is COCCOc1ccc(Br)cc1-c1cc(Br)ccc1OCCOC. The Labute approximate surface area is 159 Å². The second kappa shape index (κ2) is 10.0. The van der Waals surface area contributed by atoms with Crippen molar-refractivity contribution in [2.24, 2.45) is 0 Å². The van der Waals surface area contributed by atoms with Gasteiger partial charge in [0.25, 0.3) is 0 Å². The summed E-state index contributed by atoms with van der Waals surface area (Å²) in [5.74, 6) is 1.56. The third-order valence-corrected chi connectivity index (χ3v) is 4.25. The summed E-state index contributed by atoms with van der Waals surface area (Å²) in [7, 11) is 3.31. The summed E-state index contributed by atoms with van der Waals surface area (Å²) in [5.41, 5.74) is 1.91. The molecule has 0 amide bonds. The molecule has 2 rings (SSSR count). The van der Waals surface area contributed by atoms with Gasteiger partial charge in [-0.25, -0.2) is 0 Å². The van der Waals surface area contributed by atoms with Crippen LogP contribution in [0, 0.1) is 0 Å². The Balaban J connectivity index is 2.38. The Bertz CT molecular complexity index is 604. The van der Waals surface area contributed by atoms with Gasteiger partial charge in [-0.3, -0.25) is 0 Å². The van der Waals surface area contributed by atoms with Crippen LogP contribution in [0.2, 0.25) is 0 Å². The summed E-state index contributed by atoms with van der Waals surface area (Å²) < 4.78 is 23.8. The average molecular weight is 460 g/mol. The predicted molar refractivity (Wildman–Crippen MR) is 102 cm³/mol. The van der Waals surface area contributed by atoms with Gasteiger partial charge in [0.15, 0.2) is 0 Å². The van der Waals surface area contributed by atoms with E-state index in [0.717, 1.165) is 31.6 Å². The van der Waals surface area contributed by atoms with Crippen LogP contribution in [0.5, 0.6) is 11.5 Å². The second-order valence-electron chi connectivity index (χ2n) is 4.96. The van der Waals surface area contributed by atoms with E-state index in [2.05, 4.69) is 31.9 Å². The van der Waals surface area contributed by atoms with E-state index in [1.807, 2.05) is 36.4 Å². The lowest BCUT2D eigenvalue weighted by Gasteiger charge is -2.16. The fraction of sp³-hybridized carbons (Fsp3) is 0.333. The molecule has 130 valence electrons. The van der Waals surface area contributed by atoms with Crippen LogP contribution in [0.4, 0.5) is 0 Å². The summed E-state index contributed by atoms with van der Waals surface area (Å²) in [4.78, 5) is 0. The first-order valence-electron chi connectivity index (χ1n) is 7.48. The third-order valence-electron chi connectivity index (χ3n) is 3.26. The van der Waals surface area contributed by atoms with Gasteiger partial charge in [0.1, 0.15) is 24.7 Å². The fourth-order valence-electron chi connectivity index (χ4n) is 2.15. The zero-order valence-electron chi connectivity index (χ0n) is 13.7. The topological polar surface area (TPSA) is 36.9 Å². The molecule has 0 saturated carbocycles. The van der Waals surface area contributed by atoms with Crippen molar-refractivity contribution in [1.29, 1.82) is 0 Å². The van der Waals surface area contributed by atoms with E-state index in [0.29, 0.717) is 26.4 Å². The lowest BCUT2D eigenvalue weighted by Crippen LogP contribution is -2.07. The van der Waals surface area contributed by atoms with Crippen LogP contribution in [0.1, 0.15) is 0 Å². The van der Waals surface area contributed by atoms with E-state index >= 15 is 0 Å². The molecule has 0 unspecified atom stereocenters. The van der Waals surface area contributed by atoms with Gasteiger partial charge in [0, 0.05) is 34.3 Å². The van der Waals surface area contributed by atoms with Crippen molar-refractivity contribution in [2.75, 3.05) is 40.6 Å². The minimum Gasteiger partial charge on any atom is -0.491 e. The lowest BCUT2D eigenvalue weighted by atomic mass is 10.0. The van der Waals surface area contributed by atoms with Crippen molar-refractivity contribution in [3.05, 3.63) is 45.3 Å². The van der Waals surface area contributed by atoms with Gasteiger partial charge in [0.05, 0.1) is 13.2 Å². The van der Waals surface area contributed by atoms with Gasteiger partial charge in [0.2, 0.25) is 0 Å². The van der Waals surface area contributed by atoms with Crippen molar-refractivity contribution < 1.29 is 18.9 Å². The minimum atomic E-state index is 0.485. The fourth-order valence-corrected chi connectivity index (χ4v) is 2.87. The summed E-state index contributed by atoms with van der Waals surface area (Å²) in [5, 5.41) is 0. The van der Waals surface area contributed by atoms with Gasteiger partial charge in [-0.2, -0.15) is 0 Å². The molecule has 0 radical (unpaired) electrons. The van der Waals surface area contributed by atoms with E-state index in [-0.39, 0.29) is 0 Å². The van der Waals surface area contributed by atoms with Crippen LogP contribution in [0.25, 0.3) is 11.1 Å². The maximum Gasteiger partial charge on any atom is 0.127 e. The molecule has 0 N–H and O–H groups in total. The molecule has 0 fully saturated rings. The monoisotopic (exact) mass is 458 g/mol. The Hall–Kier alpha value is -1.08. The van der Waals surface area contributed by atoms with Crippen molar-refractivity contribution in [1.82, 2.24) is 0 Å². The first-order valence-corrected chi connectivity index (χ1v) is 9.07. The van der Waals surface area contributed by atoms with E-state index in [4.69, 9.17) is 18.9 Å². The Morgan fingerprint density at radius 1 is 0.667 bits per heavy atom. The van der Waals surface area contributed by atoms with E-state index in [1.165, 1.54) is 0 Å². The molecule has 0 atom stereocenters. The number of benzene rings is 2. The standard InChI is InChI=1S/C18H20Br2O4/c1-21-7-9-23-17-5-3-13(19)11-15(17)16-12-14(20)4-6-18(16)24-10-8-22-2/h3-6,11-12H,7-10H2,1-2H3. The zero-order chi connectivity index (χ0) is 17.4. The van der Waals surface area contributed by atoms with Gasteiger partial charge in [-0.05, 0) is 36.4 Å². The summed E-state index contributed by atoms with van der Waals surface area (Å²) in [6.07, 6.45) is 0. The summed E-state index contributed by atoms with van der Waals surface area (Å²) in [6, 6.07) is 11.8. The zero-order valence-corrected chi connectivity index (χ0v) is 16.9. The van der Waals surface area contributed by atoms with Crippen LogP contribution in [-0.4, -0.2) is 40.6 Å². The third kappa shape index (κ3) is 5.48. The highest BCUT2D eigenvalue weighted by atomic mass is 79.9. The Morgan fingerprint density at radius 3 is 1.46 bits per heavy atom. The smallest absolute Gasteiger partial charge is 0.127 e. The Morgan fingerprint density at radius 2 is 1.08 bits per heavy atom. The molecule has 0 aliphatic heterocycles. The molecular formula is C18H20Br2O4. The van der Waals surface area contributed by atoms with Crippen LogP contribution in [0.3, 0.4) is 0 Å². The number of methoxy groups -OCH3 is 2. The number of rotatable bonds is 9. The highest BCUT2D eigenvalue weighted by Gasteiger charge is 2.13. The van der Waals surface area contributed by atoms with Gasteiger partial charge in [-0.15, -0.1) is 0 Å². The molecule has 4 nitrogen and oxygen atoms in total.